The minimum absolute atomic E-state index is 0.160. The largest absolute Gasteiger partial charge is 0.497 e. The number of halogens is 1. The van der Waals surface area contributed by atoms with Crippen molar-refractivity contribution in [2.75, 3.05) is 7.11 Å². The number of methoxy groups -OCH3 is 1. The lowest BCUT2D eigenvalue weighted by atomic mass is 10.1. The lowest BCUT2D eigenvalue weighted by molar-refractivity contribution is 0.0941. The highest BCUT2D eigenvalue weighted by molar-refractivity contribution is 6.30. The Labute approximate surface area is 150 Å². The van der Waals surface area contributed by atoms with Crippen LogP contribution in [-0.2, 0) is 6.54 Å². The molecule has 0 radical (unpaired) electrons. The molecule has 0 atom stereocenters. The number of ether oxygens (including phenoxy) is 1. The zero-order valence-electron chi connectivity index (χ0n) is 13.9. The van der Waals surface area contributed by atoms with Crippen LogP contribution in [-0.4, -0.2) is 23.5 Å². The Kier molecular flexibility index (Phi) is 4.76. The van der Waals surface area contributed by atoms with Crippen LogP contribution in [0.4, 0.5) is 0 Å². The molecule has 1 amide bonds. The molecule has 128 valence electrons. The normalized spacial score (nSPS) is 10.7. The number of hydrogen-bond acceptors (Lipinski definition) is 3. The molecule has 0 saturated heterocycles. The van der Waals surface area contributed by atoms with E-state index in [2.05, 4.69) is 5.32 Å². The van der Waals surface area contributed by atoms with Gasteiger partial charge in [0.25, 0.3) is 5.91 Å². The maximum Gasteiger partial charge on any atom is 0.253 e. The van der Waals surface area contributed by atoms with Gasteiger partial charge in [-0.3, -0.25) is 14.2 Å². The number of fused-ring (bicyclic) bond motifs is 1. The van der Waals surface area contributed by atoms with Gasteiger partial charge in [-0.25, -0.2) is 0 Å². The van der Waals surface area contributed by atoms with E-state index >= 15 is 0 Å². The third-order valence-corrected chi connectivity index (χ3v) is 4.21. The van der Waals surface area contributed by atoms with Crippen LogP contribution in [0.25, 0.3) is 10.9 Å². The Morgan fingerprint density at radius 2 is 1.88 bits per heavy atom. The molecule has 3 aromatic rings. The standard InChI is InChI=1S/C19H17ClN2O3/c1-12(23)22-11-17(16-9-15(25-2)7-8-18(16)22)19(24)21-10-13-3-5-14(20)6-4-13/h3-9,11H,10H2,1-2H3,(H,21,24). The van der Waals surface area contributed by atoms with Gasteiger partial charge in [-0.1, -0.05) is 23.7 Å². The van der Waals surface area contributed by atoms with E-state index in [-0.39, 0.29) is 11.8 Å². The topological polar surface area (TPSA) is 60.3 Å². The van der Waals surface area contributed by atoms with E-state index in [1.54, 1.807) is 43.6 Å². The fourth-order valence-electron chi connectivity index (χ4n) is 2.66. The highest BCUT2D eigenvalue weighted by Gasteiger charge is 2.17. The first-order valence-electron chi connectivity index (χ1n) is 7.72. The molecule has 0 aliphatic carbocycles. The third kappa shape index (κ3) is 3.51. The van der Waals surface area contributed by atoms with Gasteiger partial charge in [-0.2, -0.15) is 0 Å². The highest BCUT2D eigenvalue weighted by atomic mass is 35.5. The van der Waals surface area contributed by atoms with Gasteiger partial charge in [0.05, 0.1) is 18.2 Å². The van der Waals surface area contributed by atoms with Crippen LogP contribution in [0.1, 0.15) is 27.6 Å². The van der Waals surface area contributed by atoms with Crippen molar-refractivity contribution in [3.8, 4) is 5.75 Å². The number of hydrogen-bond donors (Lipinski definition) is 1. The molecule has 0 saturated carbocycles. The Balaban J connectivity index is 1.91. The van der Waals surface area contributed by atoms with Crippen molar-refractivity contribution in [2.45, 2.75) is 13.5 Å². The number of benzene rings is 2. The van der Waals surface area contributed by atoms with Crippen molar-refractivity contribution in [1.82, 2.24) is 9.88 Å². The molecule has 0 unspecified atom stereocenters. The third-order valence-electron chi connectivity index (χ3n) is 3.96. The fourth-order valence-corrected chi connectivity index (χ4v) is 2.78. The van der Waals surface area contributed by atoms with Crippen LogP contribution in [0.15, 0.2) is 48.7 Å². The first-order chi connectivity index (χ1) is 12.0. The lowest BCUT2D eigenvalue weighted by Crippen LogP contribution is -2.22. The van der Waals surface area contributed by atoms with E-state index in [1.807, 2.05) is 12.1 Å². The van der Waals surface area contributed by atoms with E-state index in [1.165, 1.54) is 11.5 Å². The molecule has 25 heavy (non-hydrogen) atoms. The summed E-state index contributed by atoms with van der Waals surface area (Å²) in [4.78, 5) is 24.5. The van der Waals surface area contributed by atoms with Crippen LogP contribution in [0.3, 0.4) is 0 Å². The summed E-state index contributed by atoms with van der Waals surface area (Å²) in [6.07, 6.45) is 1.56. The lowest BCUT2D eigenvalue weighted by Gasteiger charge is -2.05. The monoisotopic (exact) mass is 356 g/mol. The molecule has 0 spiro atoms. The molecule has 0 aliphatic heterocycles. The van der Waals surface area contributed by atoms with Crippen LogP contribution < -0.4 is 10.1 Å². The predicted octanol–water partition coefficient (Wildman–Crippen LogP) is 3.89. The summed E-state index contributed by atoms with van der Waals surface area (Å²) in [5.74, 6) is 0.209. The molecule has 6 heteroatoms. The Morgan fingerprint density at radius 1 is 1.16 bits per heavy atom. The van der Waals surface area contributed by atoms with Gasteiger partial charge in [0.1, 0.15) is 5.75 Å². The molecule has 5 nitrogen and oxygen atoms in total. The molecule has 1 aromatic heterocycles. The second-order valence-electron chi connectivity index (χ2n) is 5.62. The maximum absolute atomic E-state index is 12.6. The second-order valence-corrected chi connectivity index (χ2v) is 6.06. The van der Waals surface area contributed by atoms with E-state index in [0.29, 0.717) is 33.8 Å². The SMILES string of the molecule is COc1ccc2c(c1)c(C(=O)NCc1ccc(Cl)cc1)cn2C(C)=O. The predicted molar refractivity (Wildman–Crippen MR) is 97.4 cm³/mol. The van der Waals surface area contributed by atoms with Crippen molar-refractivity contribution in [1.29, 1.82) is 0 Å². The Morgan fingerprint density at radius 3 is 2.52 bits per heavy atom. The minimum Gasteiger partial charge on any atom is -0.497 e. The number of aromatic nitrogens is 1. The number of nitrogens with zero attached hydrogens (tertiary/aromatic N) is 1. The van der Waals surface area contributed by atoms with E-state index in [0.717, 1.165) is 5.56 Å². The van der Waals surface area contributed by atoms with Gasteiger partial charge >= 0.3 is 0 Å². The summed E-state index contributed by atoms with van der Waals surface area (Å²) < 4.78 is 6.69. The number of carbonyl (C=O) groups excluding carboxylic acids is 2. The van der Waals surface area contributed by atoms with Gasteiger partial charge in [0.2, 0.25) is 5.91 Å². The summed E-state index contributed by atoms with van der Waals surface area (Å²) in [6.45, 7) is 1.83. The van der Waals surface area contributed by atoms with Crippen molar-refractivity contribution in [3.63, 3.8) is 0 Å². The van der Waals surface area contributed by atoms with Crippen LogP contribution in [0.2, 0.25) is 5.02 Å². The number of nitrogens with one attached hydrogen (secondary N) is 1. The van der Waals surface area contributed by atoms with Gasteiger partial charge < -0.3 is 10.1 Å². The molecule has 3 rings (SSSR count). The molecular formula is C19H17ClN2O3. The van der Waals surface area contributed by atoms with Crippen LogP contribution >= 0.6 is 11.6 Å². The van der Waals surface area contributed by atoms with E-state index in [4.69, 9.17) is 16.3 Å². The zero-order chi connectivity index (χ0) is 18.0. The van der Waals surface area contributed by atoms with Gasteiger partial charge in [0.15, 0.2) is 0 Å². The minimum atomic E-state index is -0.256. The summed E-state index contributed by atoms with van der Waals surface area (Å²) in [5.41, 5.74) is 2.04. The first kappa shape index (κ1) is 17.0. The zero-order valence-corrected chi connectivity index (χ0v) is 14.6. The van der Waals surface area contributed by atoms with Crippen molar-refractivity contribution >= 4 is 34.3 Å². The average Bonchev–Trinajstić information content (AvgIpc) is 3.00. The quantitative estimate of drug-likeness (QED) is 0.771. The van der Waals surface area contributed by atoms with Gasteiger partial charge in [0, 0.05) is 30.1 Å². The molecule has 1 N–H and O–H groups in total. The summed E-state index contributed by atoms with van der Waals surface area (Å²) >= 11 is 5.86. The van der Waals surface area contributed by atoms with Crippen LogP contribution in [0.5, 0.6) is 5.75 Å². The van der Waals surface area contributed by atoms with Crippen LogP contribution in [0, 0.1) is 0 Å². The molecule has 0 aliphatic rings. The number of carbonyl (C=O) groups is 2. The van der Waals surface area contributed by atoms with E-state index in [9.17, 15) is 9.59 Å². The maximum atomic E-state index is 12.6. The molecule has 0 fully saturated rings. The number of amides is 1. The first-order valence-corrected chi connectivity index (χ1v) is 8.10. The molecule has 1 heterocycles. The Hall–Kier alpha value is -2.79. The molecular weight excluding hydrogens is 340 g/mol. The fraction of sp³-hybridized carbons (Fsp3) is 0.158. The molecule has 0 bridgehead atoms. The van der Waals surface area contributed by atoms with Gasteiger partial charge in [-0.05, 0) is 35.9 Å². The highest BCUT2D eigenvalue weighted by Crippen LogP contribution is 2.26. The van der Waals surface area contributed by atoms with Crippen molar-refractivity contribution < 1.29 is 14.3 Å². The summed E-state index contributed by atoms with van der Waals surface area (Å²) in [6, 6.07) is 12.5. The van der Waals surface area contributed by atoms with Crippen molar-refractivity contribution in [3.05, 3.63) is 64.8 Å². The number of rotatable bonds is 4. The summed E-state index contributed by atoms with van der Waals surface area (Å²) in [5, 5.41) is 4.18. The van der Waals surface area contributed by atoms with Gasteiger partial charge in [-0.15, -0.1) is 0 Å². The second kappa shape index (κ2) is 6.99. The Bertz CT molecular complexity index is 945. The molecule has 2 aromatic carbocycles. The average molecular weight is 357 g/mol. The van der Waals surface area contributed by atoms with Crippen molar-refractivity contribution in [2.24, 2.45) is 0 Å². The summed E-state index contributed by atoms with van der Waals surface area (Å²) in [7, 11) is 1.56. The smallest absolute Gasteiger partial charge is 0.253 e. The van der Waals surface area contributed by atoms with E-state index < -0.39 is 0 Å².